The number of benzene rings is 1. The Morgan fingerprint density at radius 1 is 1.47 bits per heavy atom. The summed E-state index contributed by atoms with van der Waals surface area (Å²) >= 11 is 0. The molecule has 1 aromatic carbocycles. The van der Waals surface area contributed by atoms with E-state index in [1.165, 1.54) is 23.5 Å². The molecule has 0 saturated carbocycles. The Bertz CT molecular complexity index is 585. The van der Waals surface area contributed by atoms with Gasteiger partial charge in [-0.2, -0.15) is 4.31 Å². The van der Waals surface area contributed by atoms with Gasteiger partial charge in [-0.15, -0.1) is 0 Å². The van der Waals surface area contributed by atoms with Crippen molar-refractivity contribution in [3.63, 3.8) is 0 Å². The molecule has 0 aromatic heterocycles. The highest BCUT2D eigenvalue weighted by Crippen LogP contribution is 2.27. The van der Waals surface area contributed by atoms with Crippen LogP contribution >= 0.6 is 0 Å². The number of hydrogen-bond donors (Lipinski definition) is 1. The number of methoxy groups -OCH3 is 1. The van der Waals surface area contributed by atoms with Crippen LogP contribution < -0.4 is 5.73 Å². The maximum Gasteiger partial charge on any atom is 0.324 e. The van der Waals surface area contributed by atoms with Gasteiger partial charge in [-0.05, 0) is 31.0 Å². The van der Waals surface area contributed by atoms with E-state index in [9.17, 15) is 13.2 Å². The molecule has 0 radical (unpaired) electrons. The van der Waals surface area contributed by atoms with Crippen LogP contribution in [0.3, 0.4) is 0 Å². The molecule has 2 N–H and O–H groups in total. The molecular weight excluding hydrogens is 268 g/mol. The molecule has 1 aliphatic rings. The average molecular weight is 284 g/mol. The van der Waals surface area contributed by atoms with Gasteiger partial charge in [0.1, 0.15) is 6.04 Å². The average Bonchev–Trinajstić information content (AvgIpc) is 2.87. The van der Waals surface area contributed by atoms with Gasteiger partial charge in [-0.1, -0.05) is 6.07 Å². The van der Waals surface area contributed by atoms with E-state index < -0.39 is 22.0 Å². The predicted molar refractivity (Wildman–Crippen MR) is 69.8 cm³/mol. The number of rotatable bonds is 3. The Morgan fingerprint density at radius 3 is 2.84 bits per heavy atom. The van der Waals surface area contributed by atoms with Crippen molar-refractivity contribution < 1.29 is 17.9 Å². The maximum atomic E-state index is 12.5. The SMILES string of the molecule is COC(=O)C1CCCN1S(=O)(=O)c1cccc(N)c1. The molecule has 2 rings (SSSR count). The number of esters is 1. The van der Waals surface area contributed by atoms with Crippen molar-refractivity contribution in [2.75, 3.05) is 19.4 Å². The van der Waals surface area contributed by atoms with Crippen molar-refractivity contribution in [3.8, 4) is 0 Å². The molecule has 104 valence electrons. The highest BCUT2D eigenvalue weighted by molar-refractivity contribution is 7.89. The molecule has 0 amide bonds. The summed E-state index contributed by atoms with van der Waals surface area (Å²) in [6.07, 6.45) is 1.12. The zero-order chi connectivity index (χ0) is 14.0. The van der Waals surface area contributed by atoms with Crippen molar-refractivity contribution >= 4 is 21.7 Å². The zero-order valence-electron chi connectivity index (χ0n) is 10.6. The summed E-state index contributed by atoms with van der Waals surface area (Å²) in [5.74, 6) is -0.523. The summed E-state index contributed by atoms with van der Waals surface area (Å²) in [5.41, 5.74) is 5.97. The largest absolute Gasteiger partial charge is 0.468 e. The summed E-state index contributed by atoms with van der Waals surface area (Å²) in [6.45, 7) is 0.316. The molecule has 7 heteroatoms. The zero-order valence-corrected chi connectivity index (χ0v) is 11.4. The lowest BCUT2D eigenvalue weighted by Gasteiger charge is -2.22. The molecule has 0 bridgehead atoms. The minimum absolute atomic E-state index is 0.100. The van der Waals surface area contributed by atoms with Crippen LogP contribution in [0.15, 0.2) is 29.2 Å². The first-order valence-electron chi connectivity index (χ1n) is 5.92. The van der Waals surface area contributed by atoms with E-state index >= 15 is 0 Å². The number of nitrogen functional groups attached to an aromatic ring is 1. The van der Waals surface area contributed by atoms with Crippen LogP contribution in [0.1, 0.15) is 12.8 Å². The van der Waals surface area contributed by atoms with Crippen LogP contribution in [0.4, 0.5) is 5.69 Å². The standard InChI is InChI=1S/C12H16N2O4S/c1-18-12(15)11-6-3-7-14(11)19(16,17)10-5-2-4-9(13)8-10/h2,4-5,8,11H,3,6-7,13H2,1H3. The number of hydrogen-bond acceptors (Lipinski definition) is 5. The third-order valence-corrected chi connectivity index (χ3v) is 5.05. The maximum absolute atomic E-state index is 12.5. The second-order valence-electron chi connectivity index (χ2n) is 4.37. The van der Waals surface area contributed by atoms with Crippen LogP contribution in [0.5, 0.6) is 0 Å². The normalized spacial score (nSPS) is 20.4. The number of nitrogens with two attached hydrogens (primary N) is 1. The third kappa shape index (κ3) is 2.57. The third-order valence-electron chi connectivity index (χ3n) is 3.14. The van der Waals surface area contributed by atoms with Crippen LogP contribution in [-0.4, -0.2) is 38.4 Å². The molecule has 6 nitrogen and oxygen atoms in total. The number of anilines is 1. The topological polar surface area (TPSA) is 89.7 Å². The van der Waals surface area contributed by atoms with Crippen molar-refractivity contribution in [1.29, 1.82) is 0 Å². The first kappa shape index (κ1) is 13.8. The first-order valence-corrected chi connectivity index (χ1v) is 7.36. The van der Waals surface area contributed by atoms with E-state index in [0.717, 1.165) is 0 Å². The second-order valence-corrected chi connectivity index (χ2v) is 6.26. The minimum atomic E-state index is -3.71. The number of carbonyl (C=O) groups excluding carboxylic acids is 1. The van der Waals surface area contributed by atoms with Gasteiger partial charge in [0.15, 0.2) is 0 Å². The van der Waals surface area contributed by atoms with Crippen molar-refractivity contribution in [2.45, 2.75) is 23.8 Å². The number of sulfonamides is 1. The lowest BCUT2D eigenvalue weighted by atomic mass is 10.2. The first-order chi connectivity index (χ1) is 8.96. The van der Waals surface area contributed by atoms with Crippen molar-refractivity contribution in [1.82, 2.24) is 4.31 Å². The fourth-order valence-corrected chi connectivity index (χ4v) is 3.91. The Labute approximate surface area is 112 Å². The van der Waals surface area contributed by atoms with Gasteiger partial charge in [-0.3, -0.25) is 4.79 Å². The number of nitrogens with zero attached hydrogens (tertiary/aromatic N) is 1. The summed E-state index contributed by atoms with van der Waals surface area (Å²) in [4.78, 5) is 11.7. The number of carbonyl (C=O) groups is 1. The molecule has 1 heterocycles. The van der Waals surface area contributed by atoms with Gasteiger partial charge in [-0.25, -0.2) is 8.42 Å². The van der Waals surface area contributed by atoms with Crippen molar-refractivity contribution in [2.24, 2.45) is 0 Å². The molecule has 0 spiro atoms. The molecule has 1 aliphatic heterocycles. The van der Waals surface area contributed by atoms with Gasteiger partial charge in [0.05, 0.1) is 12.0 Å². The van der Waals surface area contributed by atoms with E-state index in [-0.39, 0.29) is 4.90 Å². The van der Waals surface area contributed by atoms with Crippen molar-refractivity contribution in [3.05, 3.63) is 24.3 Å². The molecular formula is C12H16N2O4S. The van der Waals surface area contributed by atoms with E-state index in [1.54, 1.807) is 12.1 Å². The lowest BCUT2D eigenvalue weighted by molar-refractivity contribution is -0.144. The highest BCUT2D eigenvalue weighted by atomic mass is 32.2. The van der Waals surface area contributed by atoms with Crippen LogP contribution in [0.2, 0.25) is 0 Å². The molecule has 1 unspecified atom stereocenters. The predicted octanol–water partition coefficient (Wildman–Crippen LogP) is 0.595. The molecule has 1 saturated heterocycles. The Morgan fingerprint density at radius 2 is 2.21 bits per heavy atom. The van der Waals surface area contributed by atoms with Crippen LogP contribution in [0.25, 0.3) is 0 Å². The number of ether oxygens (including phenoxy) is 1. The van der Waals surface area contributed by atoms with Gasteiger partial charge in [0, 0.05) is 12.2 Å². The second kappa shape index (κ2) is 5.18. The van der Waals surface area contributed by atoms with Crippen LogP contribution in [-0.2, 0) is 19.6 Å². The Kier molecular flexibility index (Phi) is 3.77. The summed E-state index contributed by atoms with van der Waals surface area (Å²) in [6, 6.07) is 5.31. The van der Waals surface area contributed by atoms with Gasteiger partial charge in [0.2, 0.25) is 10.0 Å². The quantitative estimate of drug-likeness (QED) is 0.648. The van der Waals surface area contributed by atoms with E-state index in [1.807, 2.05) is 0 Å². The molecule has 1 aromatic rings. The molecule has 19 heavy (non-hydrogen) atoms. The van der Waals surface area contributed by atoms with Crippen LogP contribution in [0, 0.1) is 0 Å². The van der Waals surface area contributed by atoms with Gasteiger partial charge >= 0.3 is 5.97 Å². The fourth-order valence-electron chi connectivity index (χ4n) is 2.21. The highest BCUT2D eigenvalue weighted by Gasteiger charge is 2.40. The molecule has 0 aliphatic carbocycles. The smallest absolute Gasteiger partial charge is 0.324 e. The van der Waals surface area contributed by atoms with Gasteiger partial charge < -0.3 is 10.5 Å². The van der Waals surface area contributed by atoms with E-state index in [0.29, 0.717) is 25.1 Å². The lowest BCUT2D eigenvalue weighted by Crippen LogP contribution is -2.41. The monoisotopic (exact) mass is 284 g/mol. The van der Waals surface area contributed by atoms with E-state index in [2.05, 4.69) is 4.74 Å². The molecule has 1 atom stereocenters. The van der Waals surface area contributed by atoms with Gasteiger partial charge in [0.25, 0.3) is 0 Å². The molecule has 1 fully saturated rings. The summed E-state index contributed by atoms with van der Waals surface area (Å²) in [5, 5.41) is 0. The van der Waals surface area contributed by atoms with E-state index in [4.69, 9.17) is 5.73 Å². The Balaban J connectivity index is 2.36. The summed E-state index contributed by atoms with van der Waals surface area (Å²) in [7, 11) is -2.46. The minimum Gasteiger partial charge on any atom is -0.468 e. The Hall–Kier alpha value is -1.60. The fraction of sp³-hybridized carbons (Fsp3) is 0.417. The summed E-state index contributed by atoms with van der Waals surface area (Å²) < 4.78 is 30.8.